The van der Waals surface area contributed by atoms with E-state index in [9.17, 15) is 19.2 Å². The van der Waals surface area contributed by atoms with Crippen molar-refractivity contribution >= 4 is 12.0 Å². The third-order valence-electron chi connectivity index (χ3n) is 8.57. The number of alkyl carbamates (subject to hydrolysis) is 1. The molecule has 2 amide bonds. The van der Waals surface area contributed by atoms with Crippen LogP contribution in [-0.4, -0.2) is 81.6 Å². The number of hydrogen-bond donors (Lipinski definition) is 1. The Morgan fingerprint density at radius 1 is 1.30 bits per heavy atom. The minimum absolute atomic E-state index is 0.0662. The highest BCUT2D eigenvalue weighted by Crippen LogP contribution is 2.48. The van der Waals surface area contributed by atoms with Gasteiger partial charge < -0.3 is 15.0 Å². The highest BCUT2D eigenvalue weighted by atomic mass is 19.1. The van der Waals surface area contributed by atoms with Crippen molar-refractivity contribution in [2.45, 2.75) is 95.2 Å². The van der Waals surface area contributed by atoms with Crippen LogP contribution in [0.4, 0.5) is 9.18 Å². The molecule has 0 spiro atoms. The first kappa shape index (κ1) is 25.9. The summed E-state index contributed by atoms with van der Waals surface area (Å²) in [5.41, 5.74) is -0.167. The predicted octanol–water partition coefficient (Wildman–Crippen LogP) is 3.44. The summed E-state index contributed by atoms with van der Waals surface area (Å²) >= 11 is 0. The molecule has 0 radical (unpaired) electrons. The number of hydrogen-bond acceptors (Lipinski definition) is 6. The number of nitrogens with zero attached hydrogens (tertiary/aromatic N) is 4. The first-order valence-electron chi connectivity index (χ1n) is 13.4. The molecular weight excluding hydrogens is 473 g/mol. The van der Waals surface area contributed by atoms with E-state index in [4.69, 9.17) is 4.74 Å². The van der Waals surface area contributed by atoms with Crippen molar-refractivity contribution in [3.05, 3.63) is 35.6 Å². The van der Waals surface area contributed by atoms with Gasteiger partial charge in [-0.25, -0.2) is 9.18 Å². The van der Waals surface area contributed by atoms with Gasteiger partial charge in [-0.3, -0.25) is 14.6 Å². The third-order valence-corrected chi connectivity index (χ3v) is 8.57. The number of amides is 2. The van der Waals surface area contributed by atoms with Crippen LogP contribution in [-0.2, 0) is 9.53 Å². The van der Waals surface area contributed by atoms with Crippen LogP contribution in [0.1, 0.15) is 65.5 Å². The number of nitriles is 1. The molecule has 1 aliphatic carbocycles. The summed E-state index contributed by atoms with van der Waals surface area (Å²) in [7, 11) is 0. The maximum absolute atomic E-state index is 14.5. The second-order valence-electron chi connectivity index (χ2n) is 12.5. The maximum Gasteiger partial charge on any atom is 0.408 e. The van der Waals surface area contributed by atoms with Gasteiger partial charge in [-0.05, 0) is 65.9 Å². The highest BCUT2D eigenvalue weighted by Gasteiger charge is 2.57. The molecule has 37 heavy (non-hydrogen) atoms. The molecule has 5 rings (SSSR count). The van der Waals surface area contributed by atoms with Crippen LogP contribution in [0.15, 0.2) is 24.3 Å². The number of benzene rings is 1. The fourth-order valence-corrected chi connectivity index (χ4v) is 6.86. The number of piperazine rings is 1. The largest absolute Gasteiger partial charge is 0.444 e. The molecule has 0 aromatic heterocycles. The SMILES string of the molecule is CC(c1ccccc1F)N1CC2CC1(C)CN2CC(NC(=O)OC(C)(C)C)C(=O)N1C(C#N)C[C@H]2CC21. The zero-order valence-corrected chi connectivity index (χ0v) is 22.4. The molecule has 1 saturated carbocycles. The Hall–Kier alpha value is -2.70. The second-order valence-corrected chi connectivity index (χ2v) is 12.5. The number of rotatable bonds is 6. The summed E-state index contributed by atoms with van der Waals surface area (Å²) in [4.78, 5) is 32.8. The molecule has 3 heterocycles. The van der Waals surface area contributed by atoms with Crippen LogP contribution in [0.2, 0.25) is 0 Å². The van der Waals surface area contributed by atoms with Crippen molar-refractivity contribution in [3.8, 4) is 6.07 Å². The first-order chi connectivity index (χ1) is 17.4. The van der Waals surface area contributed by atoms with Gasteiger partial charge in [-0.1, -0.05) is 18.2 Å². The Morgan fingerprint density at radius 3 is 2.65 bits per heavy atom. The predicted molar refractivity (Wildman–Crippen MR) is 136 cm³/mol. The second kappa shape index (κ2) is 9.25. The lowest BCUT2D eigenvalue weighted by Crippen LogP contribution is -2.59. The monoisotopic (exact) mass is 511 g/mol. The van der Waals surface area contributed by atoms with Crippen molar-refractivity contribution in [2.24, 2.45) is 5.92 Å². The summed E-state index contributed by atoms with van der Waals surface area (Å²) in [5, 5.41) is 12.5. The van der Waals surface area contributed by atoms with Crippen LogP contribution >= 0.6 is 0 Å². The molecular formula is C28H38FN5O3. The van der Waals surface area contributed by atoms with Gasteiger partial charge in [0.25, 0.3) is 0 Å². The van der Waals surface area contributed by atoms with Crippen molar-refractivity contribution < 1.29 is 18.7 Å². The fourth-order valence-electron chi connectivity index (χ4n) is 6.86. The number of carbonyl (C=O) groups excluding carboxylic acids is 2. The number of carbonyl (C=O) groups is 2. The van der Waals surface area contributed by atoms with E-state index in [0.29, 0.717) is 31.0 Å². The van der Waals surface area contributed by atoms with Crippen LogP contribution in [0.5, 0.6) is 0 Å². The molecule has 3 saturated heterocycles. The molecule has 4 aliphatic rings. The molecule has 4 fully saturated rings. The lowest BCUT2D eigenvalue weighted by atomic mass is 9.97. The molecule has 9 heteroatoms. The van der Waals surface area contributed by atoms with Crippen molar-refractivity contribution in [2.75, 3.05) is 19.6 Å². The Kier molecular flexibility index (Phi) is 6.48. The number of likely N-dealkylation sites (tertiary alicyclic amines) is 3. The van der Waals surface area contributed by atoms with Crippen LogP contribution < -0.4 is 5.32 Å². The number of fused-ring (bicyclic) bond motifs is 3. The molecule has 200 valence electrons. The van der Waals surface area contributed by atoms with E-state index in [1.807, 2.05) is 19.1 Å². The maximum atomic E-state index is 14.5. The van der Waals surface area contributed by atoms with E-state index in [1.54, 1.807) is 31.7 Å². The number of halogens is 1. The van der Waals surface area contributed by atoms with Gasteiger partial charge in [0.05, 0.1) is 6.07 Å². The van der Waals surface area contributed by atoms with Crippen molar-refractivity contribution in [3.63, 3.8) is 0 Å². The van der Waals surface area contributed by atoms with Gasteiger partial charge in [0.15, 0.2) is 0 Å². The minimum Gasteiger partial charge on any atom is -0.444 e. The number of ether oxygens (including phenoxy) is 1. The fraction of sp³-hybridized carbons (Fsp3) is 0.679. The Morgan fingerprint density at radius 2 is 2.03 bits per heavy atom. The Bertz CT molecular complexity index is 1120. The molecule has 1 aromatic carbocycles. The Labute approximate surface area is 218 Å². The Balaban J connectivity index is 1.31. The van der Waals surface area contributed by atoms with Gasteiger partial charge in [-0.2, -0.15) is 5.26 Å². The highest BCUT2D eigenvalue weighted by molar-refractivity contribution is 5.87. The lowest BCUT2D eigenvalue weighted by molar-refractivity contribution is -0.135. The lowest BCUT2D eigenvalue weighted by Gasteiger charge is -2.44. The molecule has 6 unspecified atom stereocenters. The average Bonchev–Trinajstić information content (AvgIpc) is 3.18. The molecule has 1 aromatic rings. The van der Waals surface area contributed by atoms with Gasteiger partial charge in [0, 0.05) is 48.9 Å². The first-order valence-corrected chi connectivity index (χ1v) is 13.4. The molecule has 8 nitrogen and oxygen atoms in total. The van der Waals surface area contributed by atoms with Gasteiger partial charge >= 0.3 is 6.09 Å². The smallest absolute Gasteiger partial charge is 0.408 e. The molecule has 2 bridgehead atoms. The standard InChI is InChI=1S/C28H38FN5O3/c1-17(21-8-6-7-9-22(21)29)33-14-20-12-28(33,5)16-32(20)15-23(31-26(36)37-27(2,3)4)25(35)34-19(13-30)10-18-11-24(18)34/h6-9,17-20,23-24H,10-12,14-16H2,1-5H3,(H,31,36)/t17?,18-,19?,20?,23?,24?,28?/m0/s1. The summed E-state index contributed by atoms with van der Waals surface area (Å²) < 4.78 is 20.0. The minimum atomic E-state index is -0.801. The summed E-state index contributed by atoms with van der Waals surface area (Å²) in [6, 6.07) is 8.19. The van der Waals surface area contributed by atoms with E-state index in [2.05, 4.69) is 28.1 Å². The van der Waals surface area contributed by atoms with E-state index in [1.165, 1.54) is 6.07 Å². The van der Waals surface area contributed by atoms with E-state index in [-0.39, 0.29) is 35.4 Å². The van der Waals surface area contributed by atoms with Gasteiger partial charge in [0.1, 0.15) is 23.5 Å². The third kappa shape index (κ3) is 4.94. The van der Waals surface area contributed by atoms with Crippen LogP contribution in [0.3, 0.4) is 0 Å². The summed E-state index contributed by atoms with van der Waals surface area (Å²) in [6.45, 7) is 11.4. The van der Waals surface area contributed by atoms with E-state index >= 15 is 0 Å². The van der Waals surface area contributed by atoms with Gasteiger partial charge in [0.2, 0.25) is 5.91 Å². The summed E-state index contributed by atoms with van der Waals surface area (Å²) in [5.74, 6) is -0.000627. The van der Waals surface area contributed by atoms with Crippen molar-refractivity contribution in [1.82, 2.24) is 20.0 Å². The van der Waals surface area contributed by atoms with Crippen LogP contribution in [0.25, 0.3) is 0 Å². The summed E-state index contributed by atoms with van der Waals surface area (Å²) in [6.07, 6.45) is 1.92. The topological polar surface area (TPSA) is 88.9 Å². The molecule has 7 atom stereocenters. The zero-order chi connectivity index (χ0) is 26.7. The number of nitrogens with one attached hydrogen (secondary N) is 1. The molecule has 3 aliphatic heterocycles. The average molecular weight is 512 g/mol. The van der Waals surface area contributed by atoms with E-state index in [0.717, 1.165) is 19.4 Å². The normalized spacial score (nSPS) is 32.5. The van der Waals surface area contributed by atoms with Crippen molar-refractivity contribution in [1.29, 1.82) is 5.26 Å². The quantitative estimate of drug-likeness (QED) is 0.630. The van der Waals surface area contributed by atoms with E-state index < -0.39 is 23.8 Å². The molecule has 1 N–H and O–H groups in total. The van der Waals surface area contributed by atoms with Gasteiger partial charge in [-0.15, -0.1) is 0 Å². The van der Waals surface area contributed by atoms with Crippen LogP contribution in [0, 0.1) is 23.1 Å². The zero-order valence-electron chi connectivity index (χ0n) is 22.4. The number of piperidine rings is 1.